The molecule has 1 atom stereocenters. The van der Waals surface area contributed by atoms with Crippen LogP contribution in [0.1, 0.15) is 12.0 Å². The zero-order chi connectivity index (χ0) is 16.4. The third-order valence-corrected chi connectivity index (χ3v) is 4.22. The number of hydrogen-bond acceptors (Lipinski definition) is 4. The number of fused-ring (bicyclic) bond motifs is 1. The second kappa shape index (κ2) is 6.50. The third-order valence-electron chi connectivity index (χ3n) is 3.94. The van der Waals surface area contributed by atoms with Crippen LogP contribution in [0, 0.1) is 5.92 Å². The SMILES string of the molecule is NC(=O)[C@H]1CCN(C(=O)/C=C\c2cc(Cl)c3c(c2)OCCO3)C1. The van der Waals surface area contributed by atoms with E-state index >= 15 is 0 Å². The van der Waals surface area contributed by atoms with Gasteiger partial charge in [-0.3, -0.25) is 9.59 Å². The number of halogens is 1. The third kappa shape index (κ3) is 3.42. The normalized spacial score (nSPS) is 20.0. The molecule has 122 valence electrons. The fourth-order valence-electron chi connectivity index (χ4n) is 2.69. The molecule has 1 aromatic carbocycles. The van der Waals surface area contributed by atoms with Crippen molar-refractivity contribution < 1.29 is 19.1 Å². The van der Waals surface area contributed by atoms with E-state index in [9.17, 15) is 9.59 Å². The first kappa shape index (κ1) is 15.7. The van der Waals surface area contributed by atoms with Gasteiger partial charge in [0.25, 0.3) is 0 Å². The maximum atomic E-state index is 12.2. The van der Waals surface area contributed by atoms with Gasteiger partial charge in [-0.1, -0.05) is 11.6 Å². The molecule has 1 fully saturated rings. The van der Waals surface area contributed by atoms with E-state index in [1.54, 1.807) is 23.1 Å². The van der Waals surface area contributed by atoms with Crippen molar-refractivity contribution in [1.29, 1.82) is 0 Å². The first-order chi connectivity index (χ1) is 11.0. The summed E-state index contributed by atoms with van der Waals surface area (Å²) in [5.74, 6) is 0.342. The molecule has 0 radical (unpaired) electrons. The Morgan fingerprint density at radius 2 is 2.09 bits per heavy atom. The summed E-state index contributed by atoms with van der Waals surface area (Å²) in [5.41, 5.74) is 6.02. The standard InChI is InChI=1S/C16H17ClN2O4/c17-12-7-10(8-13-15(12)23-6-5-22-13)1-2-14(20)19-4-3-11(9-19)16(18)21/h1-2,7-8,11H,3-6,9H2,(H2,18,21)/b2-1-/t11-/m0/s1. The van der Waals surface area contributed by atoms with Gasteiger partial charge in [0.05, 0.1) is 10.9 Å². The zero-order valence-electron chi connectivity index (χ0n) is 12.5. The van der Waals surface area contributed by atoms with Crippen molar-refractivity contribution in [2.24, 2.45) is 11.7 Å². The van der Waals surface area contributed by atoms with E-state index in [1.807, 2.05) is 0 Å². The minimum absolute atomic E-state index is 0.153. The molecule has 0 unspecified atom stereocenters. The molecule has 0 aliphatic carbocycles. The minimum Gasteiger partial charge on any atom is -0.486 e. The number of hydrogen-bond donors (Lipinski definition) is 1. The van der Waals surface area contributed by atoms with Crippen molar-refractivity contribution >= 4 is 29.5 Å². The van der Waals surface area contributed by atoms with Crippen LogP contribution in [0.25, 0.3) is 6.08 Å². The van der Waals surface area contributed by atoms with Crippen molar-refractivity contribution in [2.45, 2.75) is 6.42 Å². The molecule has 2 aliphatic rings. The van der Waals surface area contributed by atoms with Gasteiger partial charge in [0.1, 0.15) is 13.2 Å². The van der Waals surface area contributed by atoms with Crippen molar-refractivity contribution in [2.75, 3.05) is 26.3 Å². The van der Waals surface area contributed by atoms with Gasteiger partial charge < -0.3 is 20.1 Å². The molecule has 2 heterocycles. The lowest BCUT2D eigenvalue weighted by Gasteiger charge is -2.19. The number of likely N-dealkylation sites (tertiary alicyclic amines) is 1. The van der Waals surface area contributed by atoms with Gasteiger partial charge in [0, 0.05) is 19.2 Å². The van der Waals surface area contributed by atoms with Gasteiger partial charge in [-0.2, -0.15) is 0 Å². The largest absolute Gasteiger partial charge is 0.486 e. The van der Waals surface area contributed by atoms with E-state index < -0.39 is 0 Å². The molecule has 2 aliphatic heterocycles. The number of primary amides is 1. The number of ether oxygens (including phenoxy) is 2. The molecular weight excluding hydrogens is 320 g/mol. The van der Waals surface area contributed by atoms with Gasteiger partial charge in [-0.05, 0) is 30.2 Å². The Kier molecular flexibility index (Phi) is 4.43. The van der Waals surface area contributed by atoms with E-state index in [-0.39, 0.29) is 17.7 Å². The number of rotatable bonds is 3. The quantitative estimate of drug-likeness (QED) is 0.847. The summed E-state index contributed by atoms with van der Waals surface area (Å²) in [7, 11) is 0. The van der Waals surface area contributed by atoms with Crippen LogP contribution in [-0.2, 0) is 9.59 Å². The molecule has 23 heavy (non-hydrogen) atoms. The summed E-state index contributed by atoms with van der Waals surface area (Å²) in [4.78, 5) is 24.9. The lowest BCUT2D eigenvalue weighted by Crippen LogP contribution is -2.30. The fraction of sp³-hybridized carbons (Fsp3) is 0.375. The Balaban J connectivity index is 1.69. The molecule has 0 bridgehead atoms. The Hall–Kier alpha value is -2.21. The molecule has 2 amide bonds. The smallest absolute Gasteiger partial charge is 0.246 e. The molecule has 0 aromatic heterocycles. The minimum atomic E-state index is -0.358. The topological polar surface area (TPSA) is 81.9 Å². The Morgan fingerprint density at radius 1 is 1.30 bits per heavy atom. The predicted octanol–water partition coefficient (Wildman–Crippen LogP) is 1.46. The molecule has 7 heteroatoms. The highest BCUT2D eigenvalue weighted by Crippen LogP contribution is 2.38. The zero-order valence-corrected chi connectivity index (χ0v) is 13.2. The highest BCUT2D eigenvalue weighted by Gasteiger charge is 2.28. The molecule has 1 aromatic rings. The van der Waals surface area contributed by atoms with Crippen molar-refractivity contribution in [3.8, 4) is 11.5 Å². The maximum absolute atomic E-state index is 12.2. The van der Waals surface area contributed by atoms with Crippen LogP contribution in [0.4, 0.5) is 0 Å². The van der Waals surface area contributed by atoms with Gasteiger partial charge in [0.2, 0.25) is 11.8 Å². The Labute approximate surface area is 138 Å². The molecule has 0 saturated carbocycles. The predicted molar refractivity (Wildman–Crippen MR) is 85.4 cm³/mol. The van der Waals surface area contributed by atoms with E-state index in [2.05, 4.69) is 0 Å². The molecular formula is C16H17ClN2O4. The average Bonchev–Trinajstić information content (AvgIpc) is 3.03. The summed E-state index contributed by atoms with van der Waals surface area (Å²) < 4.78 is 11.0. The molecule has 0 spiro atoms. The van der Waals surface area contributed by atoms with E-state index in [1.165, 1.54) is 6.08 Å². The maximum Gasteiger partial charge on any atom is 0.246 e. The number of benzene rings is 1. The van der Waals surface area contributed by atoms with Crippen molar-refractivity contribution in [3.05, 3.63) is 28.8 Å². The molecule has 1 saturated heterocycles. The number of carbonyl (C=O) groups is 2. The van der Waals surface area contributed by atoms with Gasteiger partial charge in [-0.25, -0.2) is 0 Å². The lowest BCUT2D eigenvalue weighted by molar-refractivity contribution is -0.125. The number of nitrogens with zero attached hydrogens (tertiary/aromatic N) is 1. The Bertz CT molecular complexity index is 674. The monoisotopic (exact) mass is 336 g/mol. The van der Waals surface area contributed by atoms with Crippen molar-refractivity contribution in [3.63, 3.8) is 0 Å². The lowest BCUT2D eigenvalue weighted by atomic mass is 10.1. The first-order valence-corrected chi connectivity index (χ1v) is 7.78. The second-order valence-corrected chi connectivity index (χ2v) is 5.94. The highest BCUT2D eigenvalue weighted by molar-refractivity contribution is 6.32. The summed E-state index contributed by atoms with van der Waals surface area (Å²) in [6.45, 7) is 1.85. The van der Waals surface area contributed by atoms with E-state index in [4.69, 9.17) is 26.8 Å². The van der Waals surface area contributed by atoms with Crippen LogP contribution in [0.2, 0.25) is 5.02 Å². The van der Waals surface area contributed by atoms with Crippen LogP contribution in [-0.4, -0.2) is 43.0 Å². The van der Waals surface area contributed by atoms with Gasteiger partial charge in [-0.15, -0.1) is 0 Å². The van der Waals surface area contributed by atoms with Crippen LogP contribution < -0.4 is 15.2 Å². The molecule has 2 N–H and O–H groups in total. The van der Waals surface area contributed by atoms with Gasteiger partial charge in [0.15, 0.2) is 11.5 Å². The summed E-state index contributed by atoms with van der Waals surface area (Å²) in [6, 6.07) is 3.50. The van der Waals surface area contributed by atoms with E-state index in [0.717, 1.165) is 5.56 Å². The Morgan fingerprint density at radius 3 is 2.83 bits per heavy atom. The van der Waals surface area contributed by atoms with Crippen LogP contribution in [0.15, 0.2) is 18.2 Å². The van der Waals surface area contributed by atoms with Crippen LogP contribution in [0.3, 0.4) is 0 Å². The number of amides is 2. The molecule has 3 rings (SSSR count). The number of nitrogens with two attached hydrogens (primary N) is 1. The van der Waals surface area contributed by atoms with Crippen molar-refractivity contribution in [1.82, 2.24) is 4.90 Å². The average molecular weight is 337 g/mol. The highest BCUT2D eigenvalue weighted by atomic mass is 35.5. The van der Waals surface area contributed by atoms with Crippen LogP contribution >= 0.6 is 11.6 Å². The first-order valence-electron chi connectivity index (χ1n) is 7.40. The van der Waals surface area contributed by atoms with E-state index in [0.29, 0.717) is 49.2 Å². The summed E-state index contributed by atoms with van der Waals surface area (Å²) >= 11 is 6.16. The fourth-order valence-corrected chi connectivity index (χ4v) is 2.97. The summed E-state index contributed by atoms with van der Waals surface area (Å²) in [6.07, 6.45) is 3.75. The van der Waals surface area contributed by atoms with Crippen LogP contribution in [0.5, 0.6) is 11.5 Å². The summed E-state index contributed by atoms with van der Waals surface area (Å²) in [5, 5.41) is 0.448. The second-order valence-electron chi connectivity index (χ2n) is 5.53. The number of carbonyl (C=O) groups excluding carboxylic acids is 2. The van der Waals surface area contributed by atoms with Gasteiger partial charge >= 0.3 is 0 Å². The molecule has 6 nitrogen and oxygen atoms in total.